The lowest BCUT2D eigenvalue weighted by Gasteiger charge is -2.35. The summed E-state index contributed by atoms with van der Waals surface area (Å²) in [6.45, 7) is 6.57. The van der Waals surface area contributed by atoms with Crippen molar-refractivity contribution in [1.82, 2.24) is 24.8 Å². The van der Waals surface area contributed by atoms with Gasteiger partial charge in [0.15, 0.2) is 0 Å². The summed E-state index contributed by atoms with van der Waals surface area (Å²) in [4.78, 5) is 29.7. The molecule has 0 saturated heterocycles. The van der Waals surface area contributed by atoms with Crippen molar-refractivity contribution in [2.75, 3.05) is 37.8 Å². The molecule has 2 aromatic carbocycles. The second-order valence-corrected chi connectivity index (χ2v) is 10.9. The number of likely N-dealkylation sites (N-methyl/N-ethyl adjacent to an activating group) is 1. The van der Waals surface area contributed by atoms with Crippen LogP contribution in [0.15, 0.2) is 54.7 Å². The van der Waals surface area contributed by atoms with E-state index in [9.17, 15) is 14.7 Å². The number of carbonyl (C=O) groups is 2. The number of nitrogens with zero attached hydrogens (tertiary/aromatic N) is 5. The lowest BCUT2D eigenvalue weighted by Crippen LogP contribution is -2.47. The molecule has 0 bridgehead atoms. The topological polar surface area (TPSA) is 139 Å². The monoisotopic (exact) mass is 563 g/mol. The summed E-state index contributed by atoms with van der Waals surface area (Å²) >= 11 is 0. The van der Waals surface area contributed by atoms with Gasteiger partial charge in [0.05, 0.1) is 48.6 Å². The van der Waals surface area contributed by atoms with Crippen LogP contribution in [-0.2, 0) is 29.2 Å². The molecule has 1 aliphatic heterocycles. The van der Waals surface area contributed by atoms with Gasteiger partial charge in [0, 0.05) is 44.1 Å². The molecule has 3 atom stereocenters. The second kappa shape index (κ2) is 14.2. The quantitative estimate of drug-likeness (QED) is 0.356. The summed E-state index contributed by atoms with van der Waals surface area (Å²) in [5, 5.41) is 20.9. The molecule has 1 aromatic heterocycles. The fourth-order valence-electron chi connectivity index (χ4n) is 5.00. The number of hydrogen-bond acceptors (Lipinski definition) is 8. The van der Waals surface area contributed by atoms with Gasteiger partial charge in [-0.15, -0.1) is 5.10 Å². The molecule has 4 N–H and O–H groups in total. The Morgan fingerprint density at radius 2 is 2.00 bits per heavy atom. The maximum atomic E-state index is 13.1. The zero-order chi connectivity index (χ0) is 29.4. The molecule has 41 heavy (non-hydrogen) atoms. The number of nitrogens with one attached hydrogen (secondary N) is 1. The highest BCUT2D eigenvalue weighted by Gasteiger charge is 2.28. The molecule has 11 nitrogen and oxygen atoms in total. The molecule has 0 saturated carbocycles. The summed E-state index contributed by atoms with van der Waals surface area (Å²) in [5.74, 6) is -0.189. The third-order valence-electron chi connectivity index (χ3n) is 7.51. The van der Waals surface area contributed by atoms with E-state index < -0.39 is 0 Å². The molecular weight excluding hydrogens is 522 g/mol. The number of nitrogen functional groups attached to an aromatic ring is 1. The highest BCUT2D eigenvalue weighted by atomic mass is 16.5. The Hall–Kier alpha value is -3.80. The number of amides is 2. The van der Waals surface area contributed by atoms with E-state index in [0.29, 0.717) is 62.6 Å². The van der Waals surface area contributed by atoms with Crippen molar-refractivity contribution in [2.45, 2.75) is 58.5 Å². The fraction of sp³-hybridized carbons (Fsp3) is 0.467. The summed E-state index contributed by atoms with van der Waals surface area (Å²) in [5.41, 5.74) is 9.52. The number of anilines is 2. The average Bonchev–Trinajstić information content (AvgIpc) is 3.41. The summed E-state index contributed by atoms with van der Waals surface area (Å²) < 4.78 is 8.22. The number of nitrogens with two attached hydrogens (primary N) is 1. The number of para-hydroxylation sites is 2. The molecule has 3 aromatic rings. The number of hydrogen-bond donors (Lipinski definition) is 3. The molecule has 11 heteroatoms. The number of rotatable bonds is 8. The highest BCUT2D eigenvalue weighted by molar-refractivity contribution is 6.05. The van der Waals surface area contributed by atoms with Crippen molar-refractivity contribution < 1.29 is 19.4 Å². The van der Waals surface area contributed by atoms with Crippen LogP contribution in [0.2, 0.25) is 0 Å². The number of ether oxygens (including phenoxy) is 1. The van der Waals surface area contributed by atoms with Crippen molar-refractivity contribution in [3.8, 4) is 0 Å². The first-order valence-corrected chi connectivity index (χ1v) is 14.1. The normalized spacial score (nSPS) is 19.2. The Morgan fingerprint density at radius 1 is 1.24 bits per heavy atom. The maximum Gasteiger partial charge on any atom is 0.255 e. The molecule has 0 spiro atoms. The Balaban J connectivity index is 1.42. The molecule has 0 aliphatic carbocycles. The van der Waals surface area contributed by atoms with E-state index in [1.807, 2.05) is 38.2 Å². The van der Waals surface area contributed by atoms with Crippen LogP contribution in [0.5, 0.6) is 0 Å². The Bertz CT molecular complexity index is 1300. The van der Waals surface area contributed by atoms with Gasteiger partial charge in [-0.25, -0.2) is 4.68 Å². The first-order valence-electron chi connectivity index (χ1n) is 14.1. The predicted molar refractivity (Wildman–Crippen MR) is 157 cm³/mol. The Morgan fingerprint density at radius 3 is 2.73 bits per heavy atom. The van der Waals surface area contributed by atoms with Gasteiger partial charge in [-0.1, -0.05) is 36.4 Å². The maximum absolute atomic E-state index is 13.1. The summed E-state index contributed by atoms with van der Waals surface area (Å²) in [7, 11) is 2.02. The number of fused-ring (bicyclic) bond motifs is 1. The van der Waals surface area contributed by atoms with E-state index in [4.69, 9.17) is 10.5 Å². The van der Waals surface area contributed by atoms with Crippen LogP contribution >= 0.6 is 0 Å². The van der Waals surface area contributed by atoms with E-state index in [2.05, 4.69) is 27.5 Å². The molecular formula is C30H41N7O4. The Labute approximate surface area is 241 Å². The second-order valence-electron chi connectivity index (χ2n) is 10.9. The Kier molecular flexibility index (Phi) is 10.4. The van der Waals surface area contributed by atoms with Gasteiger partial charge < -0.3 is 25.8 Å². The van der Waals surface area contributed by atoms with E-state index in [-0.39, 0.29) is 36.5 Å². The first kappa shape index (κ1) is 30.2. The minimum absolute atomic E-state index is 0.00986. The lowest BCUT2D eigenvalue weighted by atomic mass is 10.0. The largest absolute Gasteiger partial charge is 0.397 e. The van der Waals surface area contributed by atoms with Gasteiger partial charge in [-0.2, -0.15) is 0 Å². The third-order valence-corrected chi connectivity index (χ3v) is 7.51. The molecule has 2 heterocycles. The molecule has 4 rings (SSSR count). The van der Waals surface area contributed by atoms with Crippen molar-refractivity contribution in [1.29, 1.82) is 0 Å². The average molecular weight is 564 g/mol. The van der Waals surface area contributed by atoms with Crippen LogP contribution in [0, 0.1) is 5.92 Å². The molecule has 220 valence electrons. The standard InChI is InChI=1S/C30H41N7O4/c1-21-16-36(22(2)19-38)29(39)9-6-14-37-25(15-32-34-37)20-41-28(21)18-35(3)17-23-10-12-24(13-11-23)30(40)33-27-8-5-4-7-26(27)31/h4-5,7-8,10-13,15,21-22,28,38H,6,9,14,16-20,31H2,1-3H3,(H,33,40)/t21-,22-,28-/m1/s1. The predicted octanol–water partition coefficient (Wildman–Crippen LogP) is 2.77. The number of aliphatic hydroxyl groups excluding tert-OH is 1. The number of benzene rings is 2. The highest BCUT2D eigenvalue weighted by Crippen LogP contribution is 2.20. The van der Waals surface area contributed by atoms with Crippen LogP contribution in [0.4, 0.5) is 11.4 Å². The minimum atomic E-state index is -0.276. The van der Waals surface area contributed by atoms with Crippen molar-refractivity contribution in [3.63, 3.8) is 0 Å². The molecule has 0 fully saturated rings. The van der Waals surface area contributed by atoms with E-state index in [0.717, 1.165) is 11.3 Å². The van der Waals surface area contributed by atoms with Crippen LogP contribution in [-0.4, -0.2) is 80.6 Å². The minimum Gasteiger partial charge on any atom is -0.397 e. The fourth-order valence-corrected chi connectivity index (χ4v) is 5.00. The smallest absolute Gasteiger partial charge is 0.255 e. The summed E-state index contributed by atoms with van der Waals surface area (Å²) in [6.07, 6.45) is 2.55. The van der Waals surface area contributed by atoms with E-state index in [1.54, 1.807) is 40.0 Å². The van der Waals surface area contributed by atoms with E-state index >= 15 is 0 Å². The van der Waals surface area contributed by atoms with Gasteiger partial charge in [-0.05, 0) is 50.2 Å². The zero-order valence-corrected chi connectivity index (χ0v) is 24.1. The van der Waals surface area contributed by atoms with Gasteiger partial charge in [0.1, 0.15) is 0 Å². The SMILES string of the molecule is C[C@@H]1CN([C@H](C)CO)C(=O)CCCn2nncc2CO[C@@H]1CN(C)Cc1ccc(C(=O)Nc2ccccc2N)cc1. The molecule has 0 unspecified atom stereocenters. The van der Waals surface area contributed by atoms with Gasteiger partial charge in [-0.3, -0.25) is 14.5 Å². The number of aliphatic hydroxyl groups is 1. The number of aromatic nitrogens is 3. The van der Waals surface area contributed by atoms with Crippen molar-refractivity contribution >= 4 is 23.2 Å². The van der Waals surface area contributed by atoms with Gasteiger partial charge in [0.25, 0.3) is 5.91 Å². The van der Waals surface area contributed by atoms with Gasteiger partial charge in [0.2, 0.25) is 5.91 Å². The number of carbonyl (C=O) groups excluding carboxylic acids is 2. The molecule has 2 amide bonds. The first-order chi connectivity index (χ1) is 19.7. The lowest BCUT2D eigenvalue weighted by molar-refractivity contribution is -0.136. The van der Waals surface area contributed by atoms with Crippen molar-refractivity contribution in [3.05, 3.63) is 71.5 Å². The van der Waals surface area contributed by atoms with Crippen LogP contribution < -0.4 is 11.1 Å². The van der Waals surface area contributed by atoms with Crippen LogP contribution in [0.25, 0.3) is 0 Å². The van der Waals surface area contributed by atoms with Gasteiger partial charge >= 0.3 is 0 Å². The molecule has 1 aliphatic rings. The number of aryl methyl sites for hydroxylation is 1. The van der Waals surface area contributed by atoms with Crippen LogP contribution in [0.1, 0.15) is 48.3 Å². The van der Waals surface area contributed by atoms with Crippen molar-refractivity contribution in [2.24, 2.45) is 5.92 Å². The molecule has 0 radical (unpaired) electrons. The van der Waals surface area contributed by atoms with Crippen LogP contribution in [0.3, 0.4) is 0 Å². The van der Waals surface area contributed by atoms with E-state index in [1.165, 1.54) is 0 Å². The summed E-state index contributed by atoms with van der Waals surface area (Å²) in [6, 6.07) is 14.4. The zero-order valence-electron chi connectivity index (χ0n) is 24.1. The third kappa shape index (κ3) is 8.12.